The van der Waals surface area contributed by atoms with Crippen LogP contribution in [0, 0.1) is 0 Å². The second kappa shape index (κ2) is 6.05. The van der Waals surface area contributed by atoms with Crippen molar-refractivity contribution in [2.75, 3.05) is 0 Å². The lowest BCUT2D eigenvalue weighted by Gasteiger charge is -2.23. The highest BCUT2D eigenvalue weighted by molar-refractivity contribution is 5.19. The Labute approximate surface area is 99.3 Å². The summed E-state index contributed by atoms with van der Waals surface area (Å²) < 4.78 is 0. The van der Waals surface area contributed by atoms with E-state index in [0.29, 0.717) is 6.04 Å². The minimum Gasteiger partial charge on any atom is -0.307 e. The quantitative estimate of drug-likeness (QED) is 0.784. The molecule has 1 aliphatic rings. The van der Waals surface area contributed by atoms with E-state index in [2.05, 4.69) is 42.6 Å². The molecule has 1 aromatic carbocycles. The molecule has 0 aliphatic heterocycles. The molecular weight excluding hydrogens is 194 g/mol. The van der Waals surface area contributed by atoms with Crippen LogP contribution in [0.3, 0.4) is 0 Å². The molecule has 0 aromatic heterocycles. The van der Waals surface area contributed by atoms with E-state index in [1.54, 1.807) is 0 Å². The molecule has 2 rings (SSSR count). The summed E-state index contributed by atoms with van der Waals surface area (Å²) in [5.41, 5.74) is 1.45. The van der Waals surface area contributed by atoms with Gasteiger partial charge < -0.3 is 5.32 Å². The van der Waals surface area contributed by atoms with Crippen LogP contribution in [-0.2, 0) is 0 Å². The maximum absolute atomic E-state index is 3.83. The van der Waals surface area contributed by atoms with E-state index in [1.165, 1.54) is 44.1 Å². The Kier molecular flexibility index (Phi) is 4.41. The second-order valence-corrected chi connectivity index (χ2v) is 4.90. The molecule has 0 heterocycles. The number of benzene rings is 1. The molecule has 16 heavy (non-hydrogen) atoms. The Balaban J connectivity index is 1.99. The molecular formula is C15H23N. The minimum absolute atomic E-state index is 0.564. The highest BCUT2D eigenvalue weighted by Crippen LogP contribution is 2.24. The largest absolute Gasteiger partial charge is 0.307 e. The van der Waals surface area contributed by atoms with E-state index in [9.17, 15) is 0 Å². The van der Waals surface area contributed by atoms with Crippen molar-refractivity contribution in [1.82, 2.24) is 5.32 Å². The van der Waals surface area contributed by atoms with Crippen LogP contribution in [0.1, 0.15) is 57.1 Å². The molecule has 0 saturated heterocycles. The molecule has 0 radical (unpaired) electrons. The molecule has 0 bridgehead atoms. The first-order valence-electron chi connectivity index (χ1n) is 6.71. The predicted octanol–water partition coefficient (Wildman–Crippen LogP) is 4.06. The summed E-state index contributed by atoms with van der Waals surface area (Å²) in [6.07, 6.45) is 8.05. The molecule has 88 valence electrons. The lowest BCUT2D eigenvalue weighted by atomic mass is 10.0. The first-order chi connectivity index (χ1) is 7.90. The van der Waals surface area contributed by atoms with Gasteiger partial charge in [0.25, 0.3) is 0 Å². The maximum Gasteiger partial charge on any atom is 0.0322 e. The fourth-order valence-corrected chi connectivity index (χ4v) is 2.70. The Bertz CT molecular complexity index is 288. The van der Waals surface area contributed by atoms with Gasteiger partial charge in [0, 0.05) is 12.1 Å². The number of hydrogen-bond donors (Lipinski definition) is 1. The normalized spacial score (nSPS) is 18.8. The Morgan fingerprint density at radius 1 is 1.19 bits per heavy atom. The molecule has 1 saturated carbocycles. The molecule has 0 spiro atoms. The third kappa shape index (κ3) is 3.08. The molecule has 1 atom stereocenters. The van der Waals surface area contributed by atoms with E-state index in [1.807, 2.05) is 0 Å². The van der Waals surface area contributed by atoms with E-state index in [0.717, 1.165) is 6.04 Å². The molecule has 0 amide bonds. The van der Waals surface area contributed by atoms with Crippen LogP contribution in [0.15, 0.2) is 30.3 Å². The fraction of sp³-hybridized carbons (Fsp3) is 0.600. The van der Waals surface area contributed by atoms with Gasteiger partial charge in [0.15, 0.2) is 0 Å². The monoisotopic (exact) mass is 217 g/mol. The third-order valence-corrected chi connectivity index (χ3v) is 3.57. The molecule has 1 heteroatoms. The van der Waals surface area contributed by atoms with Crippen LogP contribution >= 0.6 is 0 Å². The average molecular weight is 217 g/mol. The third-order valence-electron chi connectivity index (χ3n) is 3.57. The molecule has 1 unspecified atom stereocenters. The van der Waals surface area contributed by atoms with Gasteiger partial charge in [-0.2, -0.15) is 0 Å². The topological polar surface area (TPSA) is 12.0 Å². The molecule has 1 fully saturated rings. The van der Waals surface area contributed by atoms with Crippen molar-refractivity contribution < 1.29 is 0 Å². The number of nitrogens with one attached hydrogen (secondary N) is 1. The predicted molar refractivity (Wildman–Crippen MR) is 69.5 cm³/mol. The van der Waals surface area contributed by atoms with E-state index >= 15 is 0 Å². The fourth-order valence-electron chi connectivity index (χ4n) is 2.70. The SMILES string of the molecule is CCCC(NC1CCCC1)c1ccccc1. The summed E-state index contributed by atoms with van der Waals surface area (Å²) in [5, 5.41) is 3.83. The highest BCUT2D eigenvalue weighted by atomic mass is 15.0. The number of hydrogen-bond acceptors (Lipinski definition) is 1. The van der Waals surface area contributed by atoms with Crippen molar-refractivity contribution in [2.45, 2.75) is 57.5 Å². The van der Waals surface area contributed by atoms with Gasteiger partial charge in [-0.15, -0.1) is 0 Å². The average Bonchev–Trinajstić information content (AvgIpc) is 2.83. The second-order valence-electron chi connectivity index (χ2n) is 4.90. The van der Waals surface area contributed by atoms with Crippen LogP contribution in [0.5, 0.6) is 0 Å². The number of rotatable bonds is 5. The van der Waals surface area contributed by atoms with Crippen molar-refractivity contribution in [3.05, 3.63) is 35.9 Å². The van der Waals surface area contributed by atoms with Gasteiger partial charge in [-0.1, -0.05) is 56.5 Å². The molecule has 1 aromatic rings. The Hall–Kier alpha value is -0.820. The van der Waals surface area contributed by atoms with Gasteiger partial charge in [0.1, 0.15) is 0 Å². The molecule has 1 N–H and O–H groups in total. The van der Waals surface area contributed by atoms with Crippen LogP contribution in [0.2, 0.25) is 0 Å². The van der Waals surface area contributed by atoms with Gasteiger partial charge in [-0.25, -0.2) is 0 Å². The van der Waals surface area contributed by atoms with Gasteiger partial charge in [-0.05, 0) is 24.8 Å². The van der Waals surface area contributed by atoms with Crippen LogP contribution in [-0.4, -0.2) is 6.04 Å². The lowest BCUT2D eigenvalue weighted by molar-refractivity contribution is 0.417. The van der Waals surface area contributed by atoms with Crippen molar-refractivity contribution in [3.8, 4) is 0 Å². The van der Waals surface area contributed by atoms with E-state index < -0.39 is 0 Å². The highest BCUT2D eigenvalue weighted by Gasteiger charge is 2.19. The standard InChI is InChI=1S/C15H23N/c1-2-8-15(13-9-4-3-5-10-13)16-14-11-6-7-12-14/h3-5,9-10,14-16H,2,6-8,11-12H2,1H3. The van der Waals surface area contributed by atoms with Crippen molar-refractivity contribution in [3.63, 3.8) is 0 Å². The summed E-state index contributed by atoms with van der Waals surface area (Å²) in [6.45, 7) is 2.27. The van der Waals surface area contributed by atoms with E-state index in [-0.39, 0.29) is 0 Å². The smallest absolute Gasteiger partial charge is 0.0322 e. The summed E-state index contributed by atoms with van der Waals surface area (Å²) in [4.78, 5) is 0. The van der Waals surface area contributed by atoms with Crippen molar-refractivity contribution >= 4 is 0 Å². The van der Waals surface area contributed by atoms with Gasteiger partial charge in [0.2, 0.25) is 0 Å². The molecule has 1 aliphatic carbocycles. The van der Waals surface area contributed by atoms with Gasteiger partial charge in [0.05, 0.1) is 0 Å². The van der Waals surface area contributed by atoms with Crippen LogP contribution in [0.25, 0.3) is 0 Å². The lowest BCUT2D eigenvalue weighted by Crippen LogP contribution is -2.30. The van der Waals surface area contributed by atoms with Crippen molar-refractivity contribution in [1.29, 1.82) is 0 Å². The summed E-state index contributed by atoms with van der Waals surface area (Å²) in [5.74, 6) is 0. The van der Waals surface area contributed by atoms with Crippen molar-refractivity contribution in [2.24, 2.45) is 0 Å². The Morgan fingerprint density at radius 3 is 2.50 bits per heavy atom. The zero-order valence-electron chi connectivity index (χ0n) is 10.3. The molecule has 1 nitrogen and oxygen atoms in total. The maximum atomic E-state index is 3.83. The first kappa shape index (κ1) is 11.7. The van der Waals surface area contributed by atoms with Gasteiger partial charge in [-0.3, -0.25) is 0 Å². The zero-order chi connectivity index (χ0) is 11.2. The summed E-state index contributed by atoms with van der Waals surface area (Å²) >= 11 is 0. The minimum atomic E-state index is 0.564. The summed E-state index contributed by atoms with van der Waals surface area (Å²) in [7, 11) is 0. The first-order valence-corrected chi connectivity index (χ1v) is 6.71. The Morgan fingerprint density at radius 2 is 1.88 bits per heavy atom. The van der Waals surface area contributed by atoms with E-state index in [4.69, 9.17) is 0 Å². The van der Waals surface area contributed by atoms with Gasteiger partial charge >= 0.3 is 0 Å². The zero-order valence-corrected chi connectivity index (χ0v) is 10.3. The summed E-state index contributed by atoms with van der Waals surface area (Å²) in [6, 6.07) is 12.2. The van der Waals surface area contributed by atoms with Crippen LogP contribution in [0.4, 0.5) is 0 Å². The van der Waals surface area contributed by atoms with Crippen LogP contribution < -0.4 is 5.32 Å².